The van der Waals surface area contributed by atoms with E-state index < -0.39 is 6.04 Å². The first-order valence-corrected chi connectivity index (χ1v) is 13.0. The van der Waals surface area contributed by atoms with Gasteiger partial charge in [-0.25, -0.2) is 0 Å². The highest BCUT2D eigenvalue weighted by Crippen LogP contribution is 2.22. The van der Waals surface area contributed by atoms with Gasteiger partial charge in [0.2, 0.25) is 11.8 Å². The number of thioether (sulfide) groups is 1. The lowest BCUT2D eigenvalue weighted by molar-refractivity contribution is -0.139. The fraction of sp³-hybridized carbons (Fsp3) is 0.286. The van der Waals surface area contributed by atoms with Crippen molar-refractivity contribution >= 4 is 35.2 Å². The summed E-state index contributed by atoms with van der Waals surface area (Å²) in [5, 5.41) is 3.50. The molecule has 0 saturated heterocycles. The summed E-state index contributed by atoms with van der Waals surface area (Å²) in [6, 6.07) is 24.8. The van der Waals surface area contributed by atoms with Crippen LogP contribution in [0.2, 0.25) is 5.02 Å². The molecular weight excluding hydrogens is 464 g/mol. The molecule has 0 fully saturated rings. The van der Waals surface area contributed by atoms with Crippen molar-refractivity contribution in [3.8, 4) is 0 Å². The Labute approximate surface area is 211 Å². The van der Waals surface area contributed by atoms with Gasteiger partial charge in [-0.05, 0) is 42.2 Å². The minimum atomic E-state index is -0.634. The van der Waals surface area contributed by atoms with Crippen LogP contribution in [0.5, 0.6) is 0 Å². The minimum absolute atomic E-state index is 0.0781. The average molecular weight is 495 g/mol. The van der Waals surface area contributed by atoms with Crippen LogP contribution in [0.15, 0.2) is 78.9 Å². The van der Waals surface area contributed by atoms with Crippen LogP contribution in [0.1, 0.15) is 29.2 Å². The zero-order valence-electron chi connectivity index (χ0n) is 19.7. The van der Waals surface area contributed by atoms with Crippen LogP contribution in [-0.2, 0) is 28.3 Å². The number of aryl methyl sites for hydroxylation is 1. The van der Waals surface area contributed by atoms with Gasteiger partial charge in [-0.2, -0.15) is 0 Å². The van der Waals surface area contributed by atoms with E-state index in [9.17, 15) is 9.59 Å². The van der Waals surface area contributed by atoms with E-state index >= 15 is 0 Å². The number of likely N-dealkylation sites (N-methyl/N-ethyl adjacent to an activating group) is 1. The Kier molecular flexibility index (Phi) is 10.0. The number of amides is 2. The van der Waals surface area contributed by atoms with Crippen LogP contribution in [0.25, 0.3) is 0 Å². The quantitative estimate of drug-likeness (QED) is 0.374. The van der Waals surface area contributed by atoms with E-state index in [0.29, 0.717) is 18.0 Å². The monoisotopic (exact) mass is 494 g/mol. The Bertz CT molecular complexity index is 1090. The maximum absolute atomic E-state index is 13.6. The second-order valence-corrected chi connectivity index (χ2v) is 9.53. The number of hydrogen-bond acceptors (Lipinski definition) is 3. The second-order valence-electron chi connectivity index (χ2n) is 8.13. The SMILES string of the molecule is CCNC(=O)C(Cc1ccccc1)N(Cc1ccccc1Cl)C(=O)CSCc1ccccc1C. The van der Waals surface area contributed by atoms with Gasteiger partial charge < -0.3 is 10.2 Å². The predicted octanol–water partition coefficient (Wildman–Crippen LogP) is 5.66. The summed E-state index contributed by atoms with van der Waals surface area (Å²) >= 11 is 8.00. The largest absolute Gasteiger partial charge is 0.355 e. The predicted molar refractivity (Wildman–Crippen MR) is 142 cm³/mol. The summed E-state index contributed by atoms with van der Waals surface area (Å²) in [5.74, 6) is 0.785. The standard InChI is InChI=1S/C28H31ClN2O2S/c1-3-30-28(33)26(17-22-12-5-4-6-13-22)31(18-23-14-9-10-16-25(23)29)27(32)20-34-19-24-15-8-7-11-21(24)2/h4-16,26H,3,17-20H2,1-2H3,(H,30,33). The van der Waals surface area contributed by atoms with Gasteiger partial charge in [-0.3, -0.25) is 9.59 Å². The number of nitrogens with one attached hydrogen (secondary N) is 1. The van der Waals surface area contributed by atoms with Crippen LogP contribution < -0.4 is 5.32 Å². The molecule has 0 spiro atoms. The highest BCUT2D eigenvalue weighted by atomic mass is 35.5. The Morgan fingerprint density at radius 3 is 2.26 bits per heavy atom. The summed E-state index contributed by atoms with van der Waals surface area (Å²) in [7, 11) is 0. The lowest BCUT2D eigenvalue weighted by atomic mass is 10.0. The first-order valence-electron chi connectivity index (χ1n) is 11.5. The summed E-state index contributed by atoms with van der Waals surface area (Å²) in [4.78, 5) is 28.4. The molecule has 178 valence electrons. The molecule has 1 N–H and O–H groups in total. The van der Waals surface area contributed by atoms with Crippen LogP contribution in [0, 0.1) is 6.92 Å². The molecule has 0 aliphatic heterocycles. The number of carbonyl (C=O) groups excluding carboxylic acids is 2. The van der Waals surface area contributed by atoms with Gasteiger partial charge >= 0.3 is 0 Å². The van der Waals surface area contributed by atoms with Gasteiger partial charge in [0.1, 0.15) is 6.04 Å². The molecule has 6 heteroatoms. The summed E-state index contributed by atoms with van der Waals surface area (Å²) < 4.78 is 0. The third-order valence-corrected chi connectivity index (χ3v) is 7.00. The summed E-state index contributed by atoms with van der Waals surface area (Å²) in [6.07, 6.45) is 0.436. The summed E-state index contributed by atoms with van der Waals surface area (Å²) in [6.45, 7) is 4.74. The van der Waals surface area contributed by atoms with E-state index in [-0.39, 0.29) is 24.1 Å². The van der Waals surface area contributed by atoms with Crippen LogP contribution >= 0.6 is 23.4 Å². The lowest BCUT2D eigenvalue weighted by Gasteiger charge is -2.31. The normalized spacial score (nSPS) is 11.6. The number of benzene rings is 3. The Morgan fingerprint density at radius 2 is 1.59 bits per heavy atom. The molecule has 4 nitrogen and oxygen atoms in total. The second kappa shape index (κ2) is 13.2. The van der Waals surface area contributed by atoms with Crippen molar-refractivity contribution in [3.63, 3.8) is 0 Å². The minimum Gasteiger partial charge on any atom is -0.355 e. The topological polar surface area (TPSA) is 49.4 Å². The molecule has 1 unspecified atom stereocenters. The van der Waals surface area contributed by atoms with Crippen LogP contribution in [0.4, 0.5) is 0 Å². The molecule has 3 aromatic carbocycles. The molecule has 2 amide bonds. The average Bonchev–Trinajstić information content (AvgIpc) is 2.84. The molecular formula is C28H31ClN2O2S. The molecule has 0 bridgehead atoms. The van der Waals surface area contributed by atoms with Crippen molar-refractivity contribution < 1.29 is 9.59 Å². The van der Waals surface area contributed by atoms with Crippen LogP contribution in [0.3, 0.4) is 0 Å². The van der Waals surface area contributed by atoms with Crippen molar-refractivity contribution in [2.24, 2.45) is 0 Å². The maximum atomic E-state index is 13.6. The lowest BCUT2D eigenvalue weighted by Crippen LogP contribution is -2.51. The van der Waals surface area contributed by atoms with Crippen molar-refractivity contribution in [1.29, 1.82) is 0 Å². The smallest absolute Gasteiger partial charge is 0.243 e. The number of rotatable bonds is 11. The Balaban J connectivity index is 1.84. The first kappa shape index (κ1) is 25.9. The number of nitrogens with zero attached hydrogens (tertiary/aromatic N) is 1. The highest BCUT2D eigenvalue weighted by molar-refractivity contribution is 7.99. The number of halogens is 1. The number of hydrogen-bond donors (Lipinski definition) is 1. The van der Waals surface area contributed by atoms with Crippen molar-refractivity contribution in [2.45, 2.75) is 38.6 Å². The van der Waals surface area contributed by atoms with E-state index in [4.69, 9.17) is 11.6 Å². The van der Waals surface area contributed by atoms with E-state index in [1.807, 2.05) is 73.7 Å². The number of carbonyl (C=O) groups is 2. The van der Waals surface area contributed by atoms with Crippen molar-refractivity contribution in [3.05, 3.63) is 106 Å². The molecule has 0 saturated carbocycles. The van der Waals surface area contributed by atoms with E-state index in [1.54, 1.807) is 16.7 Å². The van der Waals surface area contributed by atoms with Crippen LogP contribution in [-0.4, -0.2) is 35.1 Å². The van der Waals surface area contributed by atoms with Gasteiger partial charge in [0.15, 0.2) is 0 Å². The molecule has 0 aliphatic rings. The van der Waals surface area contributed by atoms with E-state index in [2.05, 4.69) is 24.4 Å². The van der Waals surface area contributed by atoms with Crippen molar-refractivity contribution in [1.82, 2.24) is 10.2 Å². The van der Waals surface area contributed by atoms with Gasteiger partial charge in [-0.1, -0.05) is 84.4 Å². The molecule has 1 atom stereocenters. The van der Waals surface area contributed by atoms with E-state index in [1.165, 1.54) is 11.1 Å². The van der Waals surface area contributed by atoms with Gasteiger partial charge in [-0.15, -0.1) is 11.8 Å². The molecule has 0 aromatic heterocycles. The fourth-order valence-corrected chi connectivity index (χ4v) is 4.94. The molecule has 0 radical (unpaired) electrons. The molecule has 0 heterocycles. The van der Waals surface area contributed by atoms with Crippen molar-refractivity contribution in [2.75, 3.05) is 12.3 Å². The van der Waals surface area contributed by atoms with Gasteiger partial charge in [0.05, 0.1) is 5.75 Å². The fourth-order valence-electron chi connectivity index (χ4n) is 3.76. The Morgan fingerprint density at radius 1 is 0.941 bits per heavy atom. The van der Waals surface area contributed by atoms with Gasteiger partial charge in [0.25, 0.3) is 0 Å². The van der Waals surface area contributed by atoms with Gasteiger partial charge in [0, 0.05) is 30.3 Å². The molecule has 3 aromatic rings. The third kappa shape index (κ3) is 7.37. The molecule has 34 heavy (non-hydrogen) atoms. The third-order valence-electron chi connectivity index (χ3n) is 5.66. The maximum Gasteiger partial charge on any atom is 0.243 e. The Hall–Kier alpha value is -2.76. The first-order chi connectivity index (χ1) is 16.5. The molecule has 3 rings (SSSR count). The summed E-state index contributed by atoms with van der Waals surface area (Å²) in [5.41, 5.74) is 4.24. The zero-order chi connectivity index (χ0) is 24.3. The highest BCUT2D eigenvalue weighted by Gasteiger charge is 2.30. The van der Waals surface area contributed by atoms with E-state index in [0.717, 1.165) is 16.9 Å². The zero-order valence-corrected chi connectivity index (χ0v) is 21.2. The molecule has 0 aliphatic carbocycles.